The molecule has 3 nitrogen and oxygen atoms in total. The summed E-state index contributed by atoms with van der Waals surface area (Å²) in [5, 5.41) is 4.81. The summed E-state index contributed by atoms with van der Waals surface area (Å²) in [6.45, 7) is 0. The molecule has 234 valence electrons. The van der Waals surface area contributed by atoms with Gasteiger partial charge in [-0.05, 0) is 107 Å². The monoisotopic (exact) mass is 629 g/mol. The summed E-state index contributed by atoms with van der Waals surface area (Å²) in [5.41, 5.74) is 12.6. The van der Waals surface area contributed by atoms with Gasteiger partial charge in [0.1, 0.15) is 0 Å². The molecule has 2 unspecified atom stereocenters. The Bertz CT molecular complexity index is 2500. The molecule has 0 saturated heterocycles. The molecule has 5 aliphatic rings. The summed E-state index contributed by atoms with van der Waals surface area (Å²) in [4.78, 5) is 12.8. The molecule has 0 bridgehead atoms. The average molecular weight is 630 g/mol. The SMILES string of the molecule is C1=CC2=CC=C3C(c4ccccc4N3c3ccc(-c4nc(C5=CC=C(c6ccc7ccccc7c6)CC5)c5c(n4)=CCCC=5)cc3)C2C=C1. The second kappa shape index (κ2) is 11.4. The Labute approximate surface area is 286 Å². The molecule has 1 aliphatic heterocycles. The van der Waals surface area contributed by atoms with Crippen LogP contribution in [0.5, 0.6) is 0 Å². The first kappa shape index (κ1) is 28.2. The smallest absolute Gasteiger partial charge is 0.160 e. The minimum absolute atomic E-state index is 0.315. The second-order valence-corrected chi connectivity index (χ2v) is 13.6. The van der Waals surface area contributed by atoms with Crippen molar-refractivity contribution in [3.63, 3.8) is 0 Å². The third-order valence-corrected chi connectivity index (χ3v) is 10.8. The minimum atomic E-state index is 0.315. The summed E-state index contributed by atoms with van der Waals surface area (Å²) in [6, 6.07) is 33.2. The Hall–Kier alpha value is -5.80. The van der Waals surface area contributed by atoms with Crippen molar-refractivity contribution >= 4 is 45.4 Å². The molecule has 3 heteroatoms. The summed E-state index contributed by atoms with van der Waals surface area (Å²) >= 11 is 0. The van der Waals surface area contributed by atoms with E-state index in [2.05, 4.69) is 157 Å². The fraction of sp³-hybridized carbons (Fsp3) is 0.130. The van der Waals surface area contributed by atoms with Crippen LogP contribution in [0.1, 0.15) is 48.4 Å². The van der Waals surface area contributed by atoms with Crippen molar-refractivity contribution in [3.8, 4) is 11.4 Å². The van der Waals surface area contributed by atoms with Gasteiger partial charge in [-0.2, -0.15) is 0 Å². The van der Waals surface area contributed by atoms with Gasteiger partial charge in [0, 0.05) is 39.7 Å². The maximum absolute atomic E-state index is 5.29. The highest BCUT2D eigenvalue weighted by Gasteiger charge is 2.40. The molecule has 2 atom stereocenters. The summed E-state index contributed by atoms with van der Waals surface area (Å²) < 4.78 is 0. The van der Waals surface area contributed by atoms with Crippen LogP contribution in [0.2, 0.25) is 0 Å². The van der Waals surface area contributed by atoms with Crippen molar-refractivity contribution in [1.29, 1.82) is 0 Å². The maximum Gasteiger partial charge on any atom is 0.160 e. The third kappa shape index (κ3) is 4.72. The van der Waals surface area contributed by atoms with Gasteiger partial charge in [0.25, 0.3) is 0 Å². The van der Waals surface area contributed by atoms with E-state index < -0.39 is 0 Å². The zero-order valence-corrected chi connectivity index (χ0v) is 27.3. The summed E-state index contributed by atoms with van der Waals surface area (Å²) in [5.74, 6) is 1.47. The minimum Gasteiger partial charge on any atom is -0.313 e. The molecule has 4 aromatic carbocycles. The molecule has 5 aromatic rings. The van der Waals surface area contributed by atoms with E-state index in [1.165, 1.54) is 55.2 Å². The van der Waals surface area contributed by atoms with E-state index in [1.54, 1.807) is 0 Å². The molecule has 0 spiro atoms. The Morgan fingerprint density at radius 2 is 1.45 bits per heavy atom. The zero-order chi connectivity index (χ0) is 32.3. The first-order valence-corrected chi connectivity index (χ1v) is 17.5. The molecular formula is C46H35N3. The number of nitrogens with zero attached hydrogens (tertiary/aromatic N) is 3. The molecule has 49 heavy (non-hydrogen) atoms. The van der Waals surface area contributed by atoms with Crippen molar-refractivity contribution < 1.29 is 0 Å². The highest BCUT2D eigenvalue weighted by Crippen LogP contribution is 2.54. The zero-order valence-electron chi connectivity index (χ0n) is 27.3. The lowest BCUT2D eigenvalue weighted by molar-refractivity contribution is 0.651. The first-order chi connectivity index (χ1) is 24.3. The van der Waals surface area contributed by atoms with Crippen LogP contribution in [0.15, 0.2) is 151 Å². The number of benzene rings is 4. The van der Waals surface area contributed by atoms with Crippen LogP contribution in [0.25, 0.3) is 45.5 Å². The van der Waals surface area contributed by atoms with E-state index in [0.29, 0.717) is 11.8 Å². The van der Waals surface area contributed by atoms with E-state index in [0.717, 1.165) is 53.8 Å². The Morgan fingerprint density at radius 1 is 0.653 bits per heavy atom. The number of rotatable bonds is 4. The standard InChI is InChI=1S/C46H35N3/c1-2-11-35-29-36(22-19-30(35)9-1)31-17-20-33(21-18-31)45-39-13-5-7-15-41(39)47-46(48-45)34-23-26-37(27-24-34)49-42-16-8-6-14-40(42)44-38-12-4-3-10-32(38)25-28-43(44)49/h1-4,6,8-17,19-20,22-29,38,44H,5,7,18,21H2. The molecule has 0 fully saturated rings. The van der Waals surface area contributed by atoms with E-state index in [1.807, 2.05) is 0 Å². The Balaban J connectivity index is 1.01. The van der Waals surface area contributed by atoms with Crippen molar-refractivity contribution in [2.75, 3.05) is 4.90 Å². The van der Waals surface area contributed by atoms with E-state index >= 15 is 0 Å². The number of fused-ring (bicyclic) bond motifs is 7. The molecule has 0 radical (unpaired) electrons. The predicted octanol–water partition coefficient (Wildman–Crippen LogP) is 9.71. The highest BCUT2D eigenvalue weighted by molar-refractivity contribution is 5.88. The lowest BCUT2D eigenvalue weighted by Gasteiger charge is -2.31. The van der Waals surface area contributed by atoms with Crippen LogP contribution in [-0.4, -0.2) is 9.97 Å². The fourth-order valence-corrected chi connectivity index (χ4v) is 8.35. The van der Waals surface area contributed by atoms with E-state index in [4.69, 9.17) is 9.97 Å². The van der Waals surface area contributed by atoms with Gasteiger partial charge in [0.05, 0.1) is 11.0 Å². The second-order valence-electron chi connectivity index (χ2n) is 13.6. The van der Waals surface area contributed by atoms with Crippen molar-refractivity contribution in [1.82, 2.24) is 9.97 Å². The molecule has 10 rings (SSSR count). The first-order valence-electron chi connectivity index (χ1n) is 17.5. The Morgan fingerprint density at radius 3 is 2.35 bits per heavy atom. The van der Waals surface area contributed by atoms with Crippen molar-refractivity contribution in [3.05, 3.63) is 178 Å². The van der Waals surface area contributed by atoms with Gasteiger partial charge in [0.2, 0.25) is 0 Å². The number of anilines is 2. The summed E-state index contributed by atoms with van der Waals surface area (Å²) in [7, 11) is 0. The largest absolute Gasteiger partial charge is 0.313 e. The highest BCUT2D eigenvalue weighted by atomic mass is 15.2. The summed E-state index contributed by atoms with van der Waals surface area (Å²) in [6.07, 6.45) is 26.8. The van der Waals surface area contributed by atoms with Crippen LogP contribution in [0.4, 0.5) is 11.4 Å². The number of hydrogen-bond donors (Lipinski definition) is 0. The van der Waals surface area contributed by atoms with Gasteiger partial charge >= 0.3 is 0 Å². The van der Waals surface area contributed by atoms with E-state index in [-0.39, 0.29) is 0 Å². The molecule has 0 N–H and O–H groups in total. The normalized spacial score (nSPS) is 20.1. The van der Waals surface area contributed by atoms with Gasteiger partial charge in [-0.1, -0.05) is 109 Å². The average Bonchev–Trinajstić information content (AvgIpc) is 3.52. The lowest BCUT2D eigenvalue weighted by atomic mass is 9.76. The Kier molecular flexibility index (Phi) is 6.58. The third-order valence-electron chi connectivity index (χ3n) is 10.8. The van der Waals surface area contributed by atoms with Gasteiger partial charge in [-0.3, -0.25) is 0 Å². The fourth-order valence-electron chi connectivity index (χ4n) is 8.35. The number of allylic oxidation sites excluding steroid dienone is 12. The van der Waals surface area contributed by atoms with Crippen LogP contribution in [0.3, 0.4) is 0 Å². The van der Waals surface area contributed by atoms with Gasteiger partial charge in [-0.15, -0.1) is 0 Å². The van der Waals surface area contributed by atoms with Crippen LogP contribution < -0.4 is 15.5 Å². The molecule has 0 saturated carbocycles. The molecule has 2 heterocycles. The maximum atomic E-state index is 5.29. The molecular weight excluding hydrogens is 595 g/mol. The predicted molar refractivity (Wildman–Crippen MR) is 203 cm³/mol. The van der Waals surface area contributed by atoms with Gasteiger partial charge in [0.15, 0.2) is 5.82 Å². The van der Waals surface area contributed by atoms with Crippen molar-refractivity contribution in [2.45, 2.75) is 31.6 Å². The van der Waals surface area contributed by atoms with Crippen LogP contribution >= 0.6 is 0 Å². The van der Waals surface area contributed by atoms with Crippen LogP contribution in [0, 0.1) is 5.92 Å². The van der Waals surface area contributed by atoms with Gasteiger partial charge in [-0.25, -0.2) is 9.97 Å². The number of para-hydroxylation sites is 1. The van der Waals surface area contributed by atoms with Crippen LogP contribution in [-0.2, 0) is 0 Å². The number of hydrogen-bond acceptors (Lipinski definition) is 3. The molecule has 1 aromatic heterocycles. The number of aromatic nitrogens is 2. The topological polar surface area (TPSA) is 29.0 Å². The molecule has 4 aliphatic carbocycles. The lowest BCUT2D eigenvalue weighted by Crippen LogP contribution is -2.35. The molecule has 0 amide bonds. The van der Waals surface area contributed by atoms with Gasteiger partial charge < -0.3 is 4.90 Å². The van der Waals surface area contributed by atoms with E-state index in [9.17, 15) is 0 Å². The van der Waals surface area contributed by atoms with Crippen molar-refractivity contribution in [2.24, 2.45) is 5.92 Å². The quantitative estimate of drug-likeness (QED) is 0.198.